The largest absolute Gasteiger partial charge is 0.389 e. The molecule has 1 aliphatic carbocycles. The Morgan fingerprint density at radius 3 is 2.15 bits per heavy atom. The molecular formula is C11H23NO. The van der Waals surface area contributed by atoms with Crippen LogP contribution in [0.4, 0.5) is 0 Å². The summed E-state index contributed by atoms with van der Waals surface area (Å²) in [4.78, 5) is 0. The molecule has 0 aromatic rings. The third-order valence-electron chi connectivity index (χ3n) is 3.14. The van der Waals surface area contributed by atoms with E-state index in [9.17, 15) is 5.11 Å². The Bertz CT molecular complexity index is 173. The van der Waals surface area contributed by atoms with Crippen LogP contribution in [0.1, 0.15) is 47.5 Å². The lowest BCUT2D eigenvalue weighted by Gasteiger charge is -2.45. The summed E-state index contributed by atoms with van der Waals surface area (Å²) in [6.07, 6.45) is 2.46. The average molecular weight is 185 g/mol. The lowest BCUT2D eigenvalue weighted by molar-refractivity contribution is 0.0202. The molecule has 0 radical (unpaired) electrons. The molecule has 0 saturated heterocycles. The van der Waals surface area contributed by atoms with Gasteiger partial charge in [-0.1, -0.05) is 13.8 Å². The van der Waals surface area contributed by atoms with Crippen LogP contribution >= 0.6 is 0 Å². The molecule has 0 aliphatic heterocycles. The second kappa shape index (κ2) is 3.25. The van der Waals surface area contributed by atoms with Gasteiger partial charge in [-0.05, 0) is 39.0 Å². The summed E-state index contributed by atoms with van der Waals surface area (Å²) in [5.41, 5.74) is -0.100. The Balaban J connectivity index is 2.28. The van der Waals surface area contributed by atoms with Gasteiger partial charge in [0.1, 0.15) is 0 Å². The molecule has 0 bridgehead atoms. The maximum Gasteiger partial charge on any atom is 0.0741 e. The first-order chi connectivity index (χ1) is 5.71. The van der Waals surface area contributed by atoms with Gasteiger partial charge in [0.2, 0.25) is 0 Å². The minimum absolute atomic E-state index is 0.175. The fraction of sp³-hybridized carbons (Fsp3) is 1.00. The van der Waals surface area contributed by atoms with Crippen LogP contribution < -0.4 is 5.32 Å². The standard InChI is InChI=1S/C11H23NO/c1-8(11(4,5)13)12-9-6-10(2,3)7-9/h8-9,12-13H,6-7H2,1-5H3. The zero-order chi connectivity index (χ0) is 10.3. The van der Waals surface area contributed by atoms with Gasteiger partial charge in [0, 0.05) is 12.1 Å². The Labute approximate surface area is 81.7 Å². The van der Waals surface area contributed by atoms with Crippen LogP contribution in [0.15, 0.2) is 0 Å². The third-order valence-corrected chi connectivity index (χ3v) is 3.14. The molecule has 78 valence electrons. The molecular weight excluding hydrogens is 162 g/mol. The van der Waals surface area contributed by atoms with E-state index in [2.05, 4.69) is 19.2 Å². The molecule has 1 aliphatic rings. The van der Waals surface area contributed by atoms with Crippen molar-refractivity contribution in [1.29, 1.82) is 0 Å². The van der Waals surface area contributed by atoms with Gasteiger partial charge in [-0.3, -0.25) is 0 Å². The Morgan fingerprint density at radius 2 is 1.85 bits per heavy atom. The van der Waals surface area contributed by atoms with Crippen LogP contribution in [0.5, 0.6) is 0 Å². The quantitative estimate of drug-likeness (QED) is 0.704. The molecule has 0 aromatic heterocycles. The number of rotatable bonds is 3. The highest BCUT2D eigenvalue weighted by Crippen LogP contribution is 2.40. The predicted octanol–water partition coefficient (Wildman–Crippen LogP) is 1.92. The minimum Gasteiger partial charge on any atom is -0.389 e. The molecule has 13 heavy (non-hydrogen) atoms. The van der Waals surface area contributed by atoms with Gasteiger partial charge >= 0.3 is 0 Å². The van der Waals surface area contributed by atoms with E-state index in [0.717, 1.165) is 0 Å². The van der Waals surface area contributed by atoms with Gasteiger partial charge in [-0.25, -0.2) is 0 Å². The first-order valence-electron chi connectivity index (χ1n) is 5.19. The van der Waals surface area contributed by atoms with Gasteiger partial charge in [-0.2, -0.15) is 0 Å². The van der Waals surface area contributed by atoms with E-state index in [0.29, 0.717) is 11.5 Å². The number of aliphatic hydroxyl groups is 1. The van der Waals surface area contributed by atoms with Crippen molar-refractivity contribution >= 4 is 0 Å². The summed E-state index contributed by atoms with van der Waals surface area (Å²) in [6.45, 7) is 10.3. The van der Waals surface area contributed by atoms with Crippen LogP contribution in [0.25, 0.3) is 0 Å². The Kier molecular flexibility index (Phi) is 2.75. The smallest absolute Gasteiger partial charge is 0.0741 e. The van der Waals surface area contributed by atoms with Crippen molar-refractivity contribution in [2.24, 2.45) is 5.41 Å². The van der Waals surface area contributed by atoms with Crippen molar-refractivity contribution < 1.29 is 5.11 Å². The normalized spacial score (nSPS) is 25.4. The monoisotopic (exact) mass is 185 g/mol. The molecule has 0 amide bonds. The second-order valence-corrected chi connectivity index (χ2v) is 5.81. The lowest BCUT2D eigenvalue weighted by atomic mass is 9.68. The SMILES string of the molecule is CC(NC1CC(C)(C)C1)C(C)(C)O. The summed E-state index contributed by atoms with van der Waals surface area (Å²) < 4.78 is 0. The number of nitrogens with one attached hydrogen (secondary N) is 1. The summed E-state index contributed by atoms with van der Waals surface area (Å²) in [5, 5.41) is 13.2. The summed E-state index contributed by atoms with van der Waals surface area (Å²) in [7, 11) is 0. The first kappa shape index (κ1) is 11.0. The van der Waals surface area contributed by atoms with E-state index in [-0.39, 0.29) is 6.04 Å². The average Bonchev–Trinajstić information content (AvgIpc) is 1.80. The van der Waals surface area contributed by atoms with E-state index in [1.54, 1.807) is 0 Å². The van der Waals surface area contributed by atoms with Gasteiger partial charge < -0.3 is 10.4 Å². The van der Waals surface area contributed by atoms with Gasteiger partial charge in [0.25, 0.3) is 0 Å². The van der Waals surface area contributed by atoms with E-state index in [4.69, 9.17) is 0 Å². The van der Waals surface area contributed by atoms with Gasteiger partial charge in [-0.15, -0.1) is 0 Å². The molecule has 1 atom stereocenters. The van der Waals surface area contributed by atoms with E-state index in [1.165, 1.54) is 12.8 Å². The number of hydrogen-bond acceptors (Lipinski definition) is 2. The van der Waals surface area contributed by atoms with Crippen LogP contribution in [-0.2, 0) is 0 Å². The van der Waals surface area contributed by atoms with Crippen molar-refractivity contribution in [2.45, 2.75) is 65.1 Å². The highest BCUT2D eigenvalue weighted by atomic mass is 16.3. The molecule has 0 spiro atoms. The van der Waals surface area contributed by atoms with Crippen molar-refractivity contribution in [3.8, 4) is 0 Å². The molecule has 1 fully saturated rings. The van der Waals surface area contributed by atoms with Crippen LogP contribution in [0, 0.1) is 5.41 Å². The molecule has 1 unspecified atom stereocenters. The zero-order valence-electron chi connectivity index (χ0n) is 9.52. The molecule has 2 heteroatoms. The van der Waals surface area contributed by atoms with Crippen molar-refractivity contribution in [3.05, 3.63) is 0 Å². The van der Waals surface area contributed by atoms with Crippen LogP contribution in [-0.4, -0.2) is 22.8 Å². The van der Waals surface area contributed by atoms with Crippen LogP contribution in [0.3, 0.4) is 0 Å². The summed E-state index contributed by atoms with van der Waals surface area (Å²) in [5.74, 6) is 0. The summed E-state index contributed by atoms with van der Waals surface area (Å²) in [6, 6.07) is 0.782. The molecule has 1 saturated carbocycles. The highest BCUT2D eigenvalue weighted by Gasteiger charge is 2.37. The van der Waals surface area contributed by atoms with Crippen LogP contribution in [0.2, 0.25) is 0 Å². The zero-order valence-corrected chi connectivity index (χ0v) is 9.52. The summed E-state index contributed by atoms with van der Waals surface area (Å²) >= 11 is 0. The van der Waals surface area contributed by atoms with E-state index in [1.807, 2.05) is 20.8 Å². The minimum atomic E-state index is -0.611. The van der Waals surface area contributed by atoms with Gasteiger partial charge in [0.15, 0.2) is 0 Å². The lowest BCUT2D eigenvalue weighted by Crippen LogP contribution is -2.54. The molecule has 0 aromatic carbocycles. The Morgan fingerprint density at radius 1 is 1.38 bits per heavy atom. The van der Waals surface area contributed by atoms with Crippen molar-refractivity contribution in [1.82, 2.24) is 5.32 Å². The molecule has 2 N–H and O–H groups in total. The fourth-order valence-corrected chi connectivity index (χ4v) is 1.95. The molecule has 0 heterocycles. The topological polar surface area (TPSA) is 32.3 Å². The van der Waals surface area contributed by atoms with Crippen molar-refractivity contribution in [3.63, 3.8) is 0 Å². The first-order valence-corrected chi connectivity index (χ1v) is 5.19. The molecule has 1 rings (SSSR count). The maximum atomic E-state index is 9.72. The molecule has 2 nitrogen and oxygen atoms in total. The second-order valence-electron chi connectivity index (χ2n) is 5.81. The van der Waals surface area contributed by atoms with Crippen molar-refractivity contribution in [2.75, 3.05) is 0 Å². The fourth-order valence-electron chi connectivity index (χ4n) is 1.95. The maximum absolute atomic E-state index is 9.72. The predicted molar refractivity (Wildman–Crippen MR) is 55.7 cm³/mol. The van der Waals surface area contributed by atoms with E-state index >= 15 is 0 Å². The van der Waals surface area contributed by atoms with Gasteiger partial charge in [0.05, 0.1) is 5.60 Å². The third kappa shape index (κ3) is 2.96. The number of hydrogen-bond donors (Lipinski definition) is 2. The van der Waals surface area contributed by atoms with E-state index < -0.39 is 5.60 Å². The highest BCUT2D eigenvalue weighted by molar-refractivity contribution is 4.94. The Hall–Kier alpha value is -0.0800.